The zero-order valence-electron chi connectivity index (χ0n) is 23.5. The van der Waals surface area contributed by atoms with Gasteiger partial charge in [-0.15, -0.1) is 0 Å². The number of fused-ring (bicyclic) bond motifs is 2. The normalized spacial score (nSPS) is 45.6. The van der Waals surface area contributed by atoms with Crippen molar-refractivity contribution in [2.24, 2.45) is 45.8 Å². The predicted octanol–water partition coefficient (Wildman–Crippen LogP) is 4.93. The number of carboxylic acid groups (broad SMARTS) is 1. The van der Waals surface area contributed by atoms with Crippen molar-refractivity contribution in [1.29, 1.82) is 0 Å². The largest absolute Gasteiger partial charge is 0.481 e. The van der Waals surface area contributed by atoms with Crippen molar-refractivity contribution in [3.63, 3.8) is 0 Å². The minimum Gasteiger partial charge on any atom is -0.481 e. The lowest BCUT2D eigenvalue weighted by atomic mass is 9.42. The Kier molecular flexibility index (Phi) is 7.02. The molecule has 4 aliphatic carbocycles. The van der Waals surface area contributed by atoms with Crippen LogP contribution in [0, 0.1) is 45.8 Å². The molecule has 4 bridgehead atoms. The van der Waals surface area contributed by atoms with Gasteiger partial charge in [0.15, 0.2) is 12.6 Å². The van der Waals surface area contributed by atoms with E-state index in [2.05, 4.69) is 26.8 Å². The zero-order valence-corrected chi connectivity index (χ0v) is 23.5. The number of hydrogen-bond donors (Lipinski definition) is 1. The van der Waals surface area contributed by atoms with Gasteiger partial charge in [0.1, 0.15) is 5.41 Å². The number of aliphatic carboxylic acids is 1. The fourth-order valence-corrected chi connectivity index (χ4v) is 10.2. The number of carboxylic acids is 1. The molecule has 1 N–H and O–H groups in total. The highest BCUT2D eigenvalue weighted by Gasteiger charge is 2.86. The van der Waals surface area contributed by atoms with Gasteiger partial charge in [-0.2, -0.15) is 8.78 Å². The van der Waals surface area contributed by atoms with Crippen LogP contribution in [-0.2, 0) is 23.7 Å². The summed E-state index contributed by atoms with van der Waals surface area (Å²) in [5, 5.41) is 11.4. The maximum absolute atomic E-state index is 13.9. The van der Waals surface area contributed by atoms with Crippen LogP contribution in [0.25, 0.3) is 0 Å². The molecule has 5 fully saturated rings. The number of nitrogens with zero attached hydrogens (tertiary/aromatic N) is 1. The maximum Gasteiger partial charge on any atom is 0.315 e. The van der Waals surface area contributed by atoms with Gasteiger partial charge < -0.3 is 24.1 Å². The number of ether oxygens (including phenoxy) is 4. The van der Waals surface area contributed by atoms with Crippen molar-refractivity contribution in [3.05, 3.63) is 23.8 Å². The van der Waals surface area contributed by atoms with Gasteiger partial charge >= 0.3 is 5.97 Å². The van der Waals surface area contributed by atoms with Gasteiger partial charge in [0, 0.05) is 30.5 Å². The van der Waals surface area contributed by atoms with E-state index in [1.54, 1.807) is 0 Å². The maximum atomic E-state index is 13.9. The van der Waals surface area contributed by atoms with Crippen LogP contribution in [0.2, 0.25) is 0 Å². The lowest BCUT2D eigenvalue weighted by Crippen LogP contribution is -2.66. The Morgan fingerprint density at radius 3 is 2.62 bits per heavy atom. The molecule has 2 heterocycles. The molecule has 39 heavy (non-hydrogen) atoms. The number of rotatable bonds is 8. The highest BCUT2D eigenvalue weighted by atomic mass is 19.3. The fraction of sp³-hybridized carbons (Fsp3) is 0.833. The Morgan fingerprint density at radius 1 is 1.21 bits per heavy atom. The molecule has 3 saturated carbocycles. The van der Waals surface area contributed by atoms with E-state index in [-0.39, 0.29) is 37.0 Å². The van der Waals surface area contributed by atoms with E-state index in [0.717, 1.165) is 37.3 Å². The van der Waals surface area contributed by atoms with Gasteiger partial charge in [0.25, 0.3) is 6.08 Å². The Labute approximate surface area is 229 Å². The van der Waals surface area contributed by atoms with Gasteiger partial charge in [0.05, 0.1) is 25.9 Å². The molecule has 218 valence electrons. The van der Waals surface area contributed by atoms with Crippen LogP contribution in [-0.4, -0.2) is 74.1 Å². The summed E-state index contributed by atoms with van der Waals surface area (Å²) in [5.74, 6) is 0.398. The first-order valence-corrected chi connectivity index (χ1v) is 14.8. The molecule has 9 atom stereocenters. The summed E-state index contributed by atoms with van der Waals surface area (Å²) in [5.41, 5.74) is -1.45. The summed E-state index contributed by atoms with van der Waals surface area (Å²) in [6.07, 6.45) is 3.75. The second kappa shape index (κ2) is 9.86. The topological polar surface area (TPSA) is 77.5 Å². The highest BCUT2D eigenvalue weighted by Crippen LogP contribution is 2.84. The Bertz CT molecular complexity index is 1040. The molecular weight excluding hydrogens is 508 g/mol. The molecule has 0 unspecified atom stereocenters. The van der Waals surface area contributed by atoms with Crippen LogP contribution in [0.15, 0.2) is 23.8 Å². The Balaban J connectivity index is 1.40. The number of morpholine rings is 1. The van der Waals surface area contributed by atoms with E-state index in [4.69, 9.17) is 18.9 Å². The summed E-state index contributed by atoms with van der Waals surface area (Å²) in [4.78, 5) is 15.8. The van der Waals surface area contributed by atoms with Crippen molar-refractivity contribution in [2.75, 3.05) is 39.5 Å². The van der Waals surface area contributed by atoms with Crippen LogP contribution in [0.4, 0.5) is 8.78 Å². The molecule has 9 heteroatoms. The smallest absolute Gasteiger partial charge is 0.315 e. The highest BCUT2D eigenvalue weighted by molar-refractivity contribution is 5.85. The quantitative estimate of drug-likeness (QED) is 0.429. The van der Waals surface area contributed by atoms with Gasteiger partial charge in [-0.05, 0) is 61.9 Å². The van der Waals surface area contributed by atoms with Crippen LogP contribution < -0.4 is 0 Å². The summed E-state index contributed by atoms with van der Waals surface area (Å²) >= 11 is 0. The molecule has 6 aliphatic rings. The van der Waals surface area contributed by atoms with E-state index >= 15 is 0 Å². The van der Waals surface area contributed by atoms with Gasteiger partial charge in [-0.3, -0.25) is 9.69 Å². The van der Waals surface area contributed by atoms with Gasteiger partial charge in [-0.25, -0.2) is 0 Å². The van der Waals surface area contributed by atoms with Crippen molar-refractivity contribution in [2.45, 2.75) is 72.1 Å². The van der Waals surface area contributed by atoms with E-state index in [0.29, 0.717) is 38.1 Å². The van der Waals surface area contributed by atoms with Crippen molar-refractivity contribution in [3.8, 4) is 0 Å². The lowest BCUT2D eigenvalue weighted by Gasteiger charge is -2.61. The first-order chi connectivity index (χ1) is 18.6. The monoisotopic (exact) mass is 551 g/mol. The summed E-state index contributed by atoms with van der Waals surface area (Å²) < 4.78 is 50.8. The SMILES string of the molecule is CC(C)C1=C[C@H]2C[C@]3(C4OCCO4)[C@@H]4CC[C@@H](C)[C@H]4C[C@@]2(CO[C@H]2CN(CC=C(F)F)C[C@@H](C)O2)[C@]13C(=O)O. The van der Waals surface area contributed by atoms with Gasteiger partial charge in [0.2, 0.25) is 0 Å². The molecule has 6 rings (SSSR count). The molecular formula is C30H43F2NO6. The molecule has 0 amide bonds. The van der Waals surface area contributed by atoms with E-state index in [1.165, 1.54) is 0 Å². The standard InChI is InChI=1S/C30H43F2NO6/c1-17(2)23-11-20-12-29(27-36-9-10-37-27)22-6-5-18(3)21(22)13-28(20,30(23,29)26(34)35)16-38-25-15-33(8-7-24(31)32)14-19(4)39-25/h7,11,17-22,25,27H,5-6,8-10,12-16H2,1-4H3,(H,34,35)/t18-,19-,20+,21-,22-,25-,28+,29-,30-/m1/s1. The third-order valence-electron chi connectivity index (χ3n) is 11.3. The first-order valence-electron chi connectivity index (χ1n) is 14.8. The molecule has 2 aliphatic heterocycles. The minimum absolute atomic E-state index is 0.0392. The minimum atomic E-state index is -1.70. The predicted molar refractivity (Wildman–Crippen MR) is 139 cm³/mol. The average Bonchev–Trinajstić information content (AvgIpc) is 3.63. The molecule has 0 spiro atoms. The number of allylic oxidation sites excluding steroid dienone is 1. The van der Waals surface area contributed by atoms with Crippen LogP contribution in [0.1, 0.15) is 53.4 Å². The zero-order chi connectivity index (χ0) is 27.7. The number of halogens is 2. The van der Waals surface area contributed by atoms with E-state index in [1.807, 2.05) is 11.8 Å². The molecule has 0 radical (unpaired) electrons. The van der Waals surface area contributed by atoms with Crippen molar-refractivity contribution >= 4 is 5.97 Å². The van der Waals surface area contributed by atoms with E-state index < -0.39 is 40.9 Å². The summed E-state index contributed by atoms with van der Waals surface area (Å²) in [7, 11) is 0. The Morgan fingerprint density at radius 2 is 1.95 bits per heavy atom. The average molecular weight is 552 g/mol. The van der Waals surface area contributed by atoms with E-state index in [9.17, 15) is 18.7 Å². The second-order valence-corrected chi connectivity index (χ2v) is 13.3. The summed E-state index contributed by atoms with van der Waals surface area (Å²) in [6, 6.07) is 0. The third-order valence-corrected chi connectivity index (χ3v) is 11.3. The fourth-order valence-electron chi connectivity index (χ4n) is 10.2. The Hall–Kier alpha value is -1.39. The molecule has 0 aromatic rings. The number of carbonyl (C=O) groups is 1. The number of hydrogen-bond acceptors (Lipinski definition) is 6. The molecule has 2 saturated heterocycles. The van der Waals surface area contributed by atoms with Crippen molar-refractivity contribution in [1.82, 2.24) is 4.90 Å². The van der Waals surface area contributed by atoms with Crippen molar-refractivity contribution < 1.29 is 37.6 Å². The third kappa shape index (κ3) is 3.79. The lowest BCUT2D eigenvalue weighted by molar-refractivity contribution is -0.261. The molecule has 0 aromatic heterocycles. The first kappa shape index (κ1) is 27.8. The molecule has 0 aromatic carbocycles. The molecule has 7 nitrogen and oxygen atoms in total. The van der Waals surface area contributed by atoms with Gasteiger partial charge in [-0.1, -0.05) is 38.8 Å². The summed E-state index contributed by atoms with van der Waals surface area (Å²) in [6.45, 7) is 10.7. The van der Waals surface area contributed by atoms with Crippen LogP contribution in [0.3, 0.4) is 0 Å². The van der Waals surface area contributed by atoms with Crippen LogP contribution >= 0.6 is 0 Å². The van der Waals surface area contributed by atoms with Crippen LogP contribution in [0.5, 0.6) is 0 Å². The second-order valence-electron chi connectivity index (χ2n) is 13.3.